The zero-order valence-electron chi connectivity index (χ0n) is 18.6. The number of furan rings is 1. The number of nitrogens with zero attached hydrogens (tertiary/aromatic N) is 2. The summed E-state index contributed by atoms with van der Waals surface area (Å²) in [6.45, 7) is 1.54. The average molecular weight is 499 g/mol. The first-order valence-corrected chi connectivity index (χ1v) is 11.2. The van der Waals surface area contributed by atoms with Crippen LogP contribution < -0.4 is 10.9 Å². The molecule has 0 saturated heterocycles. The summed E-state index contributed by atoms with van der Waals surface area (Å²) in [6.07, 6.45) is 1.46. The number of anilines is 1. The van der Waals surface area contributed by atoms with Crippen molar-refractivity contribution in [2.24, 2.45) is 0 Å². The minimum absolute atomic E-state index is 0.0339. The summed E-state index contributed by atoms with van der Waals surface area (Å²) in [4.78, 5) is 42.5. The monoisotopic (exact) mass is 499 g/mol. The van der Waals surface area contributed by atoms with E-state index in [-0.39, 0.29) is 28.2 Å². The van der Waals surface area contributed by atoms with Crippen LogP contribution in [0.25, 0.3) is 10.9 Å². The van der Waals surface area contributed by atoms with Gasteiger partial charge in [-0.25, -0.2) is 18.6 Å². The molecule has 1 amide bonds. The number of rotatable bonds is 7. The van der Waals surface area contributed by atoms with E-state index in [1.165, 1.54) is 49.1 Å². The van der Waals surface area contributed by atoms with E-state index in [0.717, 1.165) is 23.9 Å². The van der Waals surface area contributed by atoms with Crippen LogP contribution in [-0.4, -0.2) is 33.8 Å². The lowest BCUT2D eigenvalue weighted by atomic mass is 10.1. The number of halogens is 2. The van der Waals surface area contributed by atoms with Crippen LogP contribution in [-0.2, 0) is 16.1 Å². The highest BCUT2D eigenvalue weighted by molar-refractivity contribution is 8.00. The van der Waals surface area contributed by atoms with Crippen molar-refractivity contribution < 1.29 is 27.5 Å². The van der Waals surface area contributed by atoms with Crippen molar-refractivity contribution in [1.82, 2.24) is 9.55 Å². The molecule has 2 aromatic carbocycles. The number of carbonyl (C=O) groups is 2. The highest BCUT2D eigenvalue weighted by Crippen LogP contribution is 2.26. The van der Waals surface area contributed by atoms with Gasteiger partial charge in [0.15, 0.2) is 5.16 Å². The number of amides is 1. The Labute approximate surface area is 201 Å². The molecule has 0 radical (unpaired) electrons. The third-order valence-electron chi connectivity index (χ3n) is 5.10. The summed E-state index contributed by atoms with van der Waals surface area (Å²) in [5, 5.41) is 1.74. The Morgan fingerprint density at radius 2 is 1.91 bits per heavy atom. The van der Waals surface area contributed by atoms with Crippen LogP contribution in [0.4, 0.5) is 14.5 Å². The average Bonchev–Trinajstić information content (AvgIpc) is 3.36. The van der Waals surface area contributed by atoms with Crippen LogP contribution in [0.1, 0.15) is 23.0 Å². The number of nitrogens with one attached hydrogen (secondary N) is 1. The van der Waals surface area contributed by atoms with Crippen molar-refractivity contribution in [3.8, 4) is 0 Å². The van der Waals surface area contributed by atoms with E-state index in [9.17, 15) is 23.2 Å². The molecule has 8 nitrogen and oxygen atoms in total. The second kappa shape index (κ2) is 10.1. The first kappa shape index (κ1) is 24.1. The van der Waals surface area contributed by atoms with Gasteiger partial charge in [-0.3, -0.25) is 14.2 Å². The number of fused-ring (bicyclic) bond motifs is 1. The molecule has 0 aliphatic rings. The molecule has 0 saturated carbocycles. The third-order valence-corrected chi connectivity index (χ3v) is 6.19. The number of carbonyl (C=O) groups excluding carboxylic acids is 2. The minimum Gasteiger partial charge on any atom is -0.467 e. The Morgan fingerprint density at radius 3 is 2.57 bits per heavy atom. The number of aromatic nitrogens is 2. The molecular formula is C24H19F2N3O5S. The van der Waals surface area contributed by atoms with Crippen LogP contribution in [0.15, 0.2) is 69.2 Å². The van der Waals surface area contributed by atoms with E-state index < -0.39 is 40.0 Å². The van der Waals surface area contributed by atoms with Gasteiger partial charge in [0.05, 0.1) is 41.6 Å². The summed E-state index contributed by atoms with van der Waals surface area (Å²) >= 11 is 0.917. The molecule has 1 N–H and O–H groups in total. The maximum Gasteiger partial charge on any atom is 0.337 e. The summed E-state index contributed by atoms with van der Waals surface area (Å²) < 4.78 is 39.4. The molecule has 0 aliphatic carbocycles. The van der Waals surface area contributed by atoms with Crippen molar-refractivity contribution in [3.05, 3.63) is 88.1 Å². The highest BCUT2D eigenvalue weighted by atomic mass is 32.2. The van der Waals surface area contributed by atoms with Gasteiger partial charge in [-0.15, -0.1) is 0 Å². The maximum absolute atomic E-state index is 14.0. The predicted molar refractivity (Wildman–Crippen MR) is 125 cm³/mol. The molecule has 0 aliphatic heterocycles. The van der Waals surface area contributed by atoms with Crippen LogP contribution in [0.3, 0.4) is 0 Å². The second-order valence-electron chi connectivity index (χ2n) is 7.43. The number of hydrogen-bond acceptors (Lipinski definition) is 7. The largest absolute Gasteiger partial charge is 0.467 e. The number of methoxy groups -OCH3 is 1. The second-order valence-corrected chi connectivity index (χ2v) is 8.74. The lowest BCUT2D eigenvalue weighted by Gasteiger charge is -2.16. The molecule has 2 aromatic heterocycles. The Bertz CT molecular complexity index is 1450. The van der Waals surface area contributed by atoms with Gasteiger partial charge in [0.1, 0.15) is 23.1 Å². The summed E-state index contributed by atoms with van der Waals surface area (Å²) in [7, 11) is 1.24. The fourth-order valence-corrected chi connectivity index (χ4v) is 4.19. The molecule has 4 rings (SSSR count). The molecule has 0 fully saturated rings. The van der Waals surface area contributed by atoms with Gasteiger partial charge in [-0.1, -0.05) is 17.8 Å². The Balaban J connectivity index is 1.72. The van der Waals surface area contributed by atoms with E-state index in [0.29, 0.717) is 5.76 Å². The van der Waals surface area contributed by atoms with Crippen LogP contribution in [0.5, 0.6) is 0 Å². The zero-order chi connectivity index (χ0) is 25.1. The van der Waals surface area contributed by atoms with Gasteiger partial charge in [0.2, 0.25) is 5.91 Å². The number of thioether (sulfide) groups is 1. The standard InChI is InChI=1S/C24H19F2N3O5S/c1-13(21(30)28-20-17(25)6-3-7-18(20)26)35-24-27-19-11-14(23(32)33-2)8-9-16(19)22(31)29(24)12-15-5-4-10-34-15/h3-11,13H,12H2,1-2H3,(H,28,30). The van der Waals surface area contributed by atoms with E-state index in [2.05, 4.69) is 10.3 Å². The zero-order valence-corrected chi connectivity index (χ0v) is 19.4. The lowest BCUT2D eigenvalue weighted by Crippen LogP contribution is -2.28. The molecule has 35 heavy (non-hydrogen) atoms. The van der Waals surface area contributed by atoms with E-state index in [1.807, 2.05) is 0 Å². The molecule has 1 unspecified atom stereocenters. The quantitative estimate of drug-likeness (QED) is 0.231. The summed E-state index contributed by atoms with van der Waals surface area (Å²) in [6, 6.07) is 11.0. The van der Waals surface area contributed by atoms with E-state index >= 15 is 0 Å². The SMILES string of the molecule is COC(=O)c1ccc2c(=O)n(Cc3ccco3)c(SC(C)C(=O)Nc3c(F)cccc3F)nc2c1. The highest BCUT2D eigenvalue weighted by Gasteiger charge is 2.22. The normalized spacial score (nSPS) is 11.9. The molecule has 11 heteroatoms. The van der Waals surface area contributed by atoms with Crippen LogP contribution in [0.2, 0.25) is 0 Å². The van der Waals surface area contributed by atoms with Gasteiger partial charge in [-0.05, 0) is 49.4 Å². The van der Waals surface area contributed by atoms with Crippen LogP contribution in [0, 0.1) is 11.6 Å². The lowest BCUT2D eigenvalue weighted by molar-refractivity contribution is -0.115. The van der Waals surface area contributed by atoms with Gasteiger partial charge >= 0.3 is 5.97 Å². The van der Waals surface area contributed by atoms with Gasteiger partial charge in [-0.2, -0.15) is 0 Å². The smallest absolute Gasteiger partial charge is 0.337 e. The molecule has 1 atom stereocenters. The van der Waals surface area contributed by atoms with Gasteiger partial charge in [0, 0.05) is 0 Å². The van der Waals surface area contributed by atoms with Crippen molar-refractivity contribution in [2.45, 2.75) is 23.9 Å². The molecule has 0 bridgehead atoms. The number of ether oxygens (including phenoxy) is 1. The fraction of sp³-hybridized carbons (Fsp3) is 0.167. The molecule has 0 spiro atoms. The first-order chi connectivity index (χ1) is 16.8. The van der Waals surface area contributed by atoms with Crippen molar-refractivity contribution in [2.75, 3.05) is 12.4 Å². The molecule has 4 aromatic rings. The molecule has 180 valence electrons. The third kappa shape index (κ3) is 5.09. The summed E-state index contributed by atoms with van der Waals surface area (Å²) in [5.41, 5.74) is -0.554. The first-order valence-electron chi connectivity index (χ1n) is 10.3. The summed E-state index contributed by atoms with van der Waals surface area (Å²) in [5.74, 6) is -2.63. The molecular weight excluding hydrogens is 480 g/mol. The Hall–Kier alpha value is -3.99. The predicted octanol–water partition coefficient (Wildman–Crippen LogP) is 4.22. The minimum atomic E-state index is -0.913. The maximum atomic E-state index is 14.0. The number of para-hydroxylation sites is 1. The number of hydrogen-bond donors (Lipinski definition) is 1. The number of esters is 1. The number of benzene rings is 2. The molecule has 2 heterocycles. The Morgan fingerprint density at radius 1 is 1.17 bits per heavy atom. The topological polar surface area (TPSA) is 103 Å². The van der Waals surface area contributed by atoms with Crippen LogP contribution >= 0.6 is 11.8 Å². The van der Waals surface area contributed by atoms with Crippen molar-refractivity contribution in [1.29, 1.82) is 0 Å². The van der Waals surface area contributed by atoms with Crippen molar-refractivity contribution in [3.63, 3.8) is 0 Å². The Kier molecular flexibility index (Phi) is 6.97. The van der Waals surface area contributed by atoms with E-state index in [1.54, 1.807) is 12.1 Å². The fourth-order valence-electron chi connectivity index (χ4n) is 3.29. The van der Waals surface area contributed by atoms with Gasteiger partial charge in [0.25, 0.3) is 5.56 Å². The van der Waals surface area contributed by atoms with E-state index in [4.69, 9.17) is 9.15 Å². The van der Waals surface area contributed by atoms with Gasteiger partial charge < -0.3 is 14.5 Å². The van der Waals surface area contributed by atoms with Crippen molar-refractivity contribution >= 4 is 40.2 Å².